The Bertz CT molecular complexity index is 1070. The fourth-order valence-corrected chi connectivity index (χ4v) is 2.52. The summed E-state index contributed by atoms with van der Waals surface area (Å²) in [7, 11) is 0. The van der Waals surface area contributed by atoms with Gasteiger partial charge < -0.3 is 10.1 Å². The first kappa shape index (κ1) is 18.3. The van der Waals surface area contributed by atoms with Crippen LogP contribution in [0.25, 0.3) is 5.65 Å². The zero-order valence-corrected chi connectivity index (χ0v) is 15.1. The van der Waals surface area contributed by atoms with E-state index in [4.69, 9.17) is 4.74 Å². The molecule has 1 N–H and O–H groups in total. The summed E-state index contributed by atoms with van der Waals surface area (Å²) in [5.74, 6) is -0.959. The van der Waals surface area contributed by atoms with Gasteiger partial charge in [-0.1, -0.05) is 12.1 Å². The van der Waals surface area contributed by atoms with Gasteiger partial charge >= 0.3 is 5.97 Å². The summed E-state index contributed by atoms with van der Waals surface area (Å²) in [5.41, 5.74) is 3.13. The Morgan fingerprint density at radius 1 is 1.11 bits per heavy atom. The molecule has 138 valence electrons. The average molecular weight is 365 g/mol. The Morgan fingerprint density at radius 2 is 1.93 bits per heavy atom. The van der Waals surface area contributed by atoms with Gasteiger partial charge in [0.15, 0.2) is 0 Å². The van der Waals surface area contributed by atoms with Crippen LogP contribution in [0.4, 0.5) is 0 Å². The van der Waals surface area contributed by atoms with Crippen LogP contribution in [0.5, 0.6) is 0 Å². The molecule has 0 aliphatic rings. The third-order valence-electron chi connectivity index (χ3n) is 4.17. The van der Waals surface area contributed by atoms with Gasteiger partial charge in [0.05, 0.1) is 5.69 Å². The molecule has 7 nitrogen and oxygen atoms in total. The quantitative estimate of drug-likeness (QED) is 0.696. The number of hydrogen-bond donors (Lipinski definition) is 1. The summed E-state index contributed by atoms with van der Waals surface area (Å²) < 4.78 is 6.49. The summed E-state index contributed by atoms with van der Waals surface area (Å²) in [6, 6.07) is 11.8. The number of pyridine rings is 1. The molecule has 0 aliphatic heterocycles. The van der Waals surface area contributed by atoms with Gasteiger partial charge in [0.25, 0.3) is 11.5 Å². The number of benzene rings is 1. The molecule has 0 spiro atoms. The molecule has 0 aliphatic carbocycles. The average Bonchev–Trinajstić information content (AvgIpc) is 2.66. The summed E-state index contributed by atoms with van der Waals surface area (Å²) in [5, 5.41) is 2.52. The van der Waals surface area contributed by atoms with Crippen molar-refractivity contribution < 1.29 is 14.3 Å². The first-order valence-corrected chi connectivity index (χ1v) is 8.42. The molecule has 0 atom stereocenters. The lowest BCUT2D eigenvalue weighted by Crippen LogP contribution is -2.30. The molecule has 0 saturated carbocycles. The van der Waals surface area contributed by atoms with Crippen molar-refractivity contribution in [3.8, 4) is 0 Å². The van der Waals surface area contributed by atoms with E-state index in [0.29, 0.717) is 16.9 Å². The highest BCUT2D eigenvalue weighted by atomic mass is 16.5. The highest BCUT2D eigenvalue weighted by Gasteiger charge is 2.11. The van der Waals surface area contributed by atoms with Crippen LogP contribution in [0.2, 0.25) is 0 Å². The Labute approximate surface area is 155 Å². The first-order valence-electron chi connectivity index (χ1n) is 8.42. The van der Waals surface area contributed by atoms with E-state index in [2.05, 4.69) is 10.3 Å². The number of rotatable bonds is 5. The maximum atomic E-state index is 12.1. The number of nitrogens with zero attached hydrogens (tertiary/aromatic N) is 2. The maximum Gasteiger partial charge on any atom is 0.325 e. The van der Waals surface area contributed by atoms with E-state index in [-0.39, 0.29) is 24.6 Å². The fourth-order valence-electron chi connectivity index (χ4n) is 2.52. The summed E-state index contributed by atoms with van der Waals surface area (Å²) >= 11 is 0. The monoisotopic (exact) mass is 365 g/mol. The number of carbonyl (C=O) groups is 2. The van der Waals surface area contributed by atoms with Crippen molar-refractivity contribution in [2.24, 2.45) is 0 Å². The van der Waals surface area contributed by atoms with Gasteiger partial charge in [-0.05, 0) is 49.2 Å². The molecule has 1 aromatic carbocycles. The van der Waals surface area contributed by atoms with E-state index in [1.807, 2.05) is 19.9 Å². The molecule has 2 aromatic heterocycles. The van der Waals surface area contributed by atoms with Crippen molar-refractivity contribution in [2.75, 3.05) is 6.54 Å². The molecule has 2 heterocycles. The van der Waals surface area contributed by atoms with Crippen LogP contribution in [-0.4, -0.2) is 27.8 Å². The van der Waals surface area contributed by atoms with Crippen molar-refractivity contribution >= 4 is 17.5 Å². The fraction of sp³-hybridized carbons (Fsp3) is 0.200. The zero-order chi connectivity index (χ0) is 19.4. The zero-order valence-electron chi connectivity index (χ0n) is 15.1. The number of hydrogen-bond acceptors (Lipinski definition) is 5. The lowest BCUT2D eigenvalue weighted by molar-refractivity contribution is -0.143. The van der Waals surface area contributed by atoms with Crippen LogP contribution in [0.1, 0.15) is 27.2 Å². The Kier molecular flexibility index (Phi) is 5.30. The number of aryl methyl sites for hydroxylation is 2. The number of ether oxygens (including phenoxy) is 1. The molecule has 27 heavy (non-hydrogen) atoms. The van der Waals surface area contributed by atoms with Crippen molar-refractivity contribution in [1.82, 2.24) is 14.7 Å². The molecule has 0 radical (unpaired) electrons. The summed E-state index contributed by atoms with van der Waals surface area (Å²) in [6.45, 7) is 3.47. The third-order valence-corrected chi connectivity index (χ3v) is 4.17. The third kappa shape index (κ3) is 4.38. The Balaban J connectivity index is 1.56. The van der Waals surface area contributed by atoms with Gasteiger partial charge in [-0.2, -0.15) is 0 Å². The highest BCUT2D eigenvalue weighted by molar-refractivity contribution is 5.96. The van der Waals surface area contributed by atoms with E-state index in [1.54, 1.807) is 36.5 Å². The van der Waals surface area contributed by atoms with E-state index < -0.39 is 5.97 Å². The van der Waals surface area contributed by atoms with Gasteiger partial charge in [-0.3, -0.25) is 18.8 Å². The minimum absolute atomic E-state index is 0.140. The smallest absolute Gasteiger partial charge is 0.325 e. The highest BCUT2D eigenvalue weighted by Crippen LogP contribution is 2.09. The number of esters is 1. The molecular formula is C20H19N3O4. The van der Waals surface area contributed by atoms with Gasteiger partial charge in [-0.25, -0.2) is 4.98 Å². The predicted molar refractivity (Wildman–Crippen MR) is 99.5 cm³/mol. The molecule has 0 bridgehead atoms. The van der Waals surface area contributed by atoms with Crippen LogP contribution in [0.15, 0.2) is 53.5 Å². The number of amides is 1. The van der Waals surface area contributed by atoms with Crippen molar-refractivity contribution in [1.29, 1.82) is 0 Å². The molecule has 0 saturated heterocycles. The van der Waals surface area contributed by atoms with Crippen molar-refractivity contribution in [3.63, 3.8) is 0 Å². The second kappa shape index (κ2) is 7.82. The summed E-state index contributed by atoms with van der Waals surface area (Å²) in [4.78, 5) is 40.2. The summed E-state index contributed by atoms with van der Waals surface area (Å²) in [6.07, 6.45) is 1.61. The molecular weight excluding hydrogens is 346 g/mol. The standard InChI is InChI=1S/C20H19N3O4/c1-13-6-7-15(9-14(13)2)20(26)21-11-19(25)27-12-16-10-18(24)23-8-4-3-5-17(23)22-16/h3-10H,11-12H2,1-2H3,(H,21,26). The lowest BCUT2D eigenvalue weighted by Gasteiger charge is -2.08. The number of aromatic nitrogens is 2. The minimum atomic E-state index is -0.609. The number of fused-ring (bicyclic) bond motifs is 1. The maximum absolute atomic E-state index is 12.1. The van der Waals surface area contributed by atoms with E-state index in [9.17, 15) is 14.4 Å². The van der Waals surface area contributed by atoms with E-state index in [0.717, 1.165) is 11.1 Å². The Hall–Kier alpha value is -3.48. The second-order valence-corrected chi connectivity index (χ2v) is 6.16. The van der Waals surface area contributed by atoms with Crippen LogP contribution in [-0.2, 0) is 16.1 Å². The molecule has 1 amide bonds. The topological polar surface area (TPSA) is 89.8 Å². The molecule has 0 unspecified atom stereocenters. The lowest BCUT2D eigenvalue weighted by atomic mass is 10.1. The second-order valence-electron chi connectivity index (χ2n) is 6.16. The van der Waals surface area contributed by atoms with E-state index in [1.165, 1.54) is 10.5 Å². The molecule has 0 fully saturated rings. The Morgan fingerprint density at radius 3 is 2.70 bits per heavy atom. The minimum Gasteiger partial charge on any atom is -0.458 e. The molecule has 3 aromatic rings. The number of carbonyl (C=O) groups excluding carboxylic acids is 2. The van der Waals surface area contributed by atoms with Crippen LogP contribution in [0.3, 0.4) is 0 Å². The van der Waals surface area contributed by atoms with Gasteiger partial charge in [0, 0.05) is 17.8 Å². The largest absolute Gasteiger partial charge is 0.458 e. The van der Waals surface area contributed by atoms with Gasteiger partial charge in [-0.15, -0.1) is 0 Å². The van der Waals surface area contributed by atoms with Crippen LogP contribution < -0.4 is 10.9 Å². The van der Waals surface area contributed by atoms with Gasteiger partial charge in [0.2, 0.25) is 0 Å². The van der Waals surface area contributed by atoms with E-state index >= 15 is 0 Å². The first-order chi connectivity index (χ1) is 12.9. The predicted octanol–water partition coefficient (Wildman–Crippen LogP) is 1.78. The normalized spacial score (nSPS) is 10.6. The van der Waals surface area contributed by atoms with Crippen molar-refractivity contribution in [2.45, 2.75) is 20.5 Å². The van der Waals surface area contributed by atoms with Crippen molar-refractivity contribution in [3.05, 3.63) is 81.4 Å². The van der Waals surface area contributed by atoms with Gasteiger partial charge in [0.1, 0.15) is 18.8 Å². The number of nitrogens with one attached hydrogen (secondary N) is 1. The van der Waals surface area contributed by atoms with Crippen LogP contribution in [0, 0.1) is 13.8 Å². The molecule has 3 rings (SSSR count). The van der Waals surface area contributed by atoms with Crippen LogP contribution >= 0.6 is 0 Å². The molecule has 7 heteroatoms. The SMILES string of the molecule is Cc1ccc(C(=O)NCC(=O)OCc2cc(=O)n3ccccc3n2)cc1C.